The van der Waals surface area contributed by atoms with Crippen LogP contribution < -0.4 is 15.9 Å². The second-order valence-corrected chi connectivity index (χ2v) is 10.7. The molecule has 0 aliphatic rings. The number of hydrogen-bond donors (Lipinski definition) is 0. The molecule has 0 unspecified atom stereocenters. The Labute approximate surface area is 143 Å². The van der Waals surface area contributed by atoms with Crippen molar-refractivity contribution in [3.8, 4) is 0 Å². The third-order valence-corrected chi connectivity index (χ3v) is 10.4. The van der Waals surface area contributed by atoms with Crippen LogP contribution in [0.15, 0.2) is 91.0 Å². The maximum absolute atomic E-state index is 12.9. The number of ether oxygens (including phenoxy) is 1. The van der Waals surface area contributed by atoms with E-state index in [0.717, 1.165) is 21.9 Å². The molecule has 3 rings (SSSR count). The van der Waals surface area contributed by atoms with Crippen LogP contribution >= 0.6 is 6.60 Å². The first-order valence-corrected chi connectivity index (χ1v) is 10.4. The van der Waals surface area contributed by atoms with E-state index >= 15 is 0 Å². The summed E-state index contributed by atoms with van der Waals surface area (Å²) in [5.74, 6) is 0. The van der Waals surface area contributed by atoms with E-state index in [-0.39, 0.29) is 0 Å². The Morgan fingerprint density at radius 3 is 1.29 bits per heavy atom. The van der Waals surface area contributed by atoms with Gasteiger partial charge in [-0.05, 0) is 0 Å². The molecule has 3 aromatic rings. The molecule has 0 aliphatic carbocycles. The Balaban J connectivity index is 2.49. The number of benzene rings is 3. The van der Waals surface area contributed by atoms with E-state index in [0.29, 0.717) is 6.35 Å². The molecule has 0 N–H and O–H groups in total. The summed E-state index contributed by atoms with van der Waals surface area (Å²) < 4.78 is 5.69. The molecule has 0 fully saturated rings. The quantitative estimate of drug-likeness (QED) is 0.510. The van der Waals surface area contributed by atoms with E-state index in [4.69, 9.17) is 4.74 Å². The van der Waals surface area contributed by atoms with Crippen LogP contribution in [-0.4, -0.2) is 19.5 Å². The van der Waals surface area contributed by atoms with Crippen LogP contribution in [0.5, 0.6) is 0 Å². The van der Waals surface area contributed by atoms with Gasteiger partial charge in [0.15, 0.2) is 0 Å². The molecule has 122 valence electrons. The van der Waals surface area contributed by atoms with Crippen molar-refractivity contribution in [1.82, 2.24) is 0 Å². The van der Waals surface area contributed by atoms with Crippen molar-refractivity contribution >= 4 is 28.5 Å². The number of methoxy groups -OCH3 is 1. The van der Waals surface area contributed by atoms with Crippen LogP contribution in [0, 0.1) is 0 Å². The third kappa shape index (κ3) is 2.31. The fourth-order valence-electron chi connectivity index (χ4n) is 3.46. The van der Waals surface area contributed by atoms with Crippen LogP contribution in [0.1, 0.15) is 0 Å². The van der Waals surface area contributed by atoms with Crippen LogP contribution in [-0.2, 0) is 9.53 Å². The maximum atomic E-state index is 12.9. The van der Waals surface area contributed by atoms with Gasteiger partial charge < -0.3 is 0 Å². The summed E-state index contributed by atoms with van der Waals surface area (Å²) in [7, 11) is 1.67. The molecule has 0 amide bonds. The first kappa shape index (κ1) is 16.6. The van der Waals surface area contributed by atoms with Gasteiger partial charge in [-0.15, -0.1) is 0 Å². The van der Waals surface area contributed by atoms with Crippen molar-refractivity contribution in [2.24, 2.45) is 0 Å². The molecule has 0 atom stereocenters. The van der Waals surface area contributed by atoms with Crippen LogP contribution in [0.3, 0.4) is 0 Å². The molecule has 3 aromatic carbocycles. The fourth-order valence-corrected chi connectivity index (χ4v) is 8.32. The Kier molecular flexibility index (Phi) is 4.62. The van der Waals surface area contributed by atoms with E-state index < -0.39 is 6.60 Å². The molecule has 24 heavy (non-hydrogen) atoms. The molecule has 0 bridgehead atoms. The summed E-state index contributed by atoms with van der Waals surface area (Å²) in [5.41, 5.74) is 0. The van der Waals surface area contributed by atoms with Crippen molar-refractivity contribution < 1.29 is 9.53 Å². The molecule has 0 aromatic heterocycles. The molecule has 0 radical (unpaired) electrons. The SMILES string of the molecule is COCP(C=O)(c1ccccc1)(c1ccccc1)c1ccccc1. The Bertz CT molecular complexity index is 702. The molecule has 0 saturated heterocycles. The molecule has 0 heterocycles. The topological polar surface area (TPSA) is 26.3 Å². The van der Waals surface area contributed by atoms with Crippen molar-refractivity contribution in [1.29, 1.82) is 0 Å². The third-order valence-electron chi connectivity index (χ3n) is 4.67. The zero-order chi connectivity index (χ0) is 16.9. The van der Waals surface area contributed by atoms with Gasteiger partial charge in [0.2, 0.25) is 0 Å². The fraction of sp³-hybridized carbons (Fsp3) is 0.0952. The number of hydrogen-bond acceptors (Lipinski definition) is 2. The molecular weight excluding hydrogens is 315 g/mol. The Morgan fingerprint density at radius 1 is 0.708 bits per heavy atom. The Hall–Kier alpha value is -2.28. The summed E-state index contributed by atoms with van der Waals surface area (Å²) in [5, 5.41) is 3.08. The van der Waals surface area contributed by atoms with Gasteiger partial charge >= 0.3 is 143 Å². The normalized spacial score (nSPS) is 13.0. The standard InChI is InChI=1S/C21H21O2P/c1-23-18-24(17-22,19-11-5-2-6-12-19,20-13-7-3-8-14-20)21-15-9-4-10-16-21/h2-17H,18H2,1H3. The van der Waals surface area contributed by atoms with Crippen molar-refractivity contribution in [3.05, 3.63) is 91.0 Å². The van der Waals surface area contributed by atoms with Crippen molar-refractivity contribution in [2.45, 2.75) is 0 Å². The minimum atomic E-state index is -3.36. The van der Waals surface area contributed by atoms with Crippen LogP contribution in [0.4, 0.5) is 0 Å². The van der Waals surface area contributed by atoms with Gasteiger partial charge in [-0.3, -0.25) is 0 Å². The van der Waals surface area contributed by atoms with Gasteiger partial charge in [0, 0.05) is 0 Å². The van der Waals surface area contributed by atoms with E-state index in [1.807, 2.05) is 91.0 Å². The average Bonchev–Trinajstić information content (AvgIpc) is 2.69. The van der Waals surface area contributed by atoms with Crippen LogP contribution in [0.2, 0.25) is 0 Å². The number of rotatable bonds is 6. The van der Waals surface area contributed by atoms with Gasteiger partial charge in [0.1, 0.15) is 0 Å². The van der Waals surface area contributed by atoms with Gasteiger partial charge in [-0.2, -0.15) is 0 Å². The Morgan fingerprint density at radius 2 is 1.04 bits per heavy atom. The summed E-state index contributed by atoms with van der Waals surface area (Å²) in [6, 6.07) is 31.3. The molecular formula is C21H21O2P. The summed E-state index contributed by atoms with van der Waals surface area (Å²) in [6.45, 7) is -3.36. The monoisotopic (exact) mass is 336 g/mol. The predicted octanol–water partition coefficient (Wildman–Crippen LogP) is 3.31. The zero-order valence-electron chi connectivity index (χ0n) is 13.7. The first-order chi connectivity index (χ1) is 11.8. The summed E-state index contributed by atoms with van der Waals surface area (Å²) >= 11 is 0. The average molecular weight is 336 g/mol. The second-order valence-electron chi connectivity index (χ2n) is 5.91. The number of carbonyl (C=O) groups is 1. The second kappa shape index (κ2) is 6.68. The predicted molar refractivity (Wildman–Crippen MR) is 104 cm³/mol. The molecule has 0 spiro atoms. The molecule has 3 heteroatoms. The van der Waals surface area contributed by atoms with E-state index in [1.54, 1.807) is 7.11 Å². The van der Waals surface area contributed by atoms with Gasteiger partial charge in [0.05, 0.1) is 0 Å². The van der Waals surface area contributed by atoms with Gasteiger partial charge in [0.25, 0.3) is 0 Å². The molecule has 0 saturated carbocycles. The van der Waals surface area contributed by atoms with Crippen molar-refractivity contribution in [2.75, 3.05) is 13.5 Å². The van der Waals surface area contributed by atoms with Gasteiger partial charge in [-0.25, -0.2) is 0 Å². The molecule has 2 nitrogen and oxygen atoms in total. The summed E-state index contributed by atoms with van der Waals surface area (Å²) in [6.07, 6.45) is 0.354. The molecule has 0 aliphatic heterocycles. The zero-order valence-corrected chi connectivity index (χ0v) is 14.6. The summed E-state index contributed by atoms with van der Waals surface area (Å²) in [4.78, 5) is 12.9. The van der Waals surface area contributed by atoms with E-state index in [1.165, 1.54) is 0 Å². The van der Waals surface area contributed by atoms with Gasteiger partial charge in [-0.1, -0.05) is 0 Å². The van der Waals surface area contributed by atoms with Crippen LogP contribution in [0.25, 0.3) is 0 Å². The minimum absolute atomic E-state index is 0.354. The van der Waals surface area contributed by atoms with E-state index in [9.17, 15) is 4.79 Å². The number of carbonyl (C=O) groups excluding carboxylic acids is 1. The van der Waals surface area contributed by atoms with Crippen molar-refractivity contribution in [3.63, 3.8) is 0 Å². The van der Waals surface area contributed by atoms with E-state index in [2.05, 4.69) is 0 Å². The first-order valence-electron chi connectivity index (χ1n) is 7.91.